The van der Waals surface area contributed by atoms with E-state index in [2.05, 4.69) is 112 Å². The standard InChI is InChI=1S/C28H32N2.2ClH.Pd/c1-18(2)24-11-9-12-25(19(3)4)28(24)29-16-23-10-8-13-26(30(23)17-29)27-21(6)14-20(5)15-22(27)7;;;/h8-16,18-19H,1-7H3;2*1H;/q;;;+2/p-2. The molecule has 0 radical (unpaired) electrons. The van der Waals surface area contributed by atoms with Crippen molar-refractivity contribution >= 4 is 24.6 Å². The molecule has 0 spiro atoms. The summed E-state index contributed by atoms with van der Waals surface area (Å²) in [4.78, 5) is 0. The van der Waals surface area contributed by atoms with E-state index in [4.69, 9.17) is 19.1 Å². The fourth-order valence-electron chi connectivity index (χ4n) is 4.94. The summed E-state index contributed by atoms with van der Waals surface area (Å²) in [5, 5.41) is 0. The van der Waals surface area contributed by atoms with E-state index in [0.717, 1.165) is 15.1 Å². The van der Waals surface area contributed by atoms with E-state index in [9.17, 15) is 0 Å². The van der Waals surface area contributed by atoms with Gasteiger partial charge in [-0.05, 0) is 0 Å². The van der Waals surface area contributed by atoms with E-state index >= 15 is 0 Å². The minimum absolute atomic E-state index is 0.381. The van der Waals surface area contributed by atoms with Gasteiger partial charge >= 0.3 is 211 Å². The Morgan fingerprint density at radius 2 is 1.33 bits per heavy atom. The van der Waals surface area contributed by atoms with Crippen LogP contribution in [0, 0.1) is 24.7 Å². The van der Waals surface area contributed by atoms with Gasteiger partial charge in [0.2, 0.25) is 0 Å². The number of rotatable bonds is 4. The van der Waals surface area contributed by atoms with Crippen molar-refractivity contribution in [2.45, 2.75) is 60.3 Å². The molecule has 0 aliphatic heterocycles. The summed E-state index contributed by atoms with van der Waals surface area (Å²) >= 11 is -2.01. The Kier molecular flexibility index (Phi) is 7.09. The van der Waals surface area contributed by atoms with Gasteiger partial charge in [-0.1, -0.05) is 0 Å². The third-order valence-electron chi connectivity index (χ3n) is 6.26. The molecule has 2 heterocycles. The Morgan fingerprint density at radius 1 is 0.788 bits per heavy atom. The van der Waals surface area contributed by atoms with Crippen molar-refractivity contribution in [1.82, 2.24) is 8.97 Å². The maximum absolute atomic E-state index is 6.85. The number of hydrogen-bond donors (Lipinski definition) is 0. The second-order valence-electron chi connectivity index (χ2n) is 9.44. The van der Waals surface area contributed by atoms with E-state index < -0.39 is 14.3 Å². The summed E-state index contributed by atoms with van der Waals surface area (Å²) in [7, 11) is 13.7. The van der Waals surface area contributed by atoms with E-state index in [-0.39, 0.29) is 0 Å². The molecule has 0 aliphatic carbocycles. The fourth-order valence-corrected chi connectivity index (χ4v) is 7.46. The predicted octanol–water partition coefficient (Wildman–Crippen LogP) is 9.03. The van der Waals surface area contributed by atoms with Crippen LogP contribution < -0.4 is 0 Å². The van der Waals surface area contributed by atoms with Crippen LogP contribution in [0.15, 0.2) is 54.7 Å². The molecular formula is C28H32Cl2N2Pd. The van der Waals surface area contributed by atoms with Crippen LogP contribution in [0.2, 0.25) is 0 Å². The quantitative estimate of drug-likeness (QED) is 0.216. The third-order valence-corrected chi connectivity index (χ3v) is 8.77. The molecule has 0 saturated carbocycles. The van der Waals surface area contributed by atoms with Gasteiger partial charge in [0.25, 0.3) is 0 Å². The molecule has 2 aromatic heterocycles. The van der Waals surface area contributed by atoms with Crippen molar-refractivity contribution in [3.63, 3.8) is 0 Å². The van der Waals surface area contributed by atoms with E-state index in [1.165, 1.54) is 39.1 Å². The second kappa shape index (κ2) is 9.55. The Hall–Kier alpha value is -1.63. The maximum atomic E-state index is 6.85. The number of aryl methyl sites for hydroxylation is 3. The molecule has 4 aromatic rings. The first-order chi connectivity index (χ1) is 15.6. The molecule has 0 fully saturated rings. The topological polar surface area (TPSA) is 9.34 Å². The van der Waals surface area contributed by atoms with Gasteiger partial charge < -0.3 is 0 Å². The molecule has 2 aromatic carbocycles. The van der Waals surface area contributed by atoms with Crippen LogP contribution in [0.5, 0.6) is 0 Å². The summed E-state index contributed by atoms with van der Waals surface area (Å²) in [6.45, 7) is 15.5. The van der Waals surface area contributed by atoms with Crippen LogP contribution in [0.25, 0.3) is 22.5 Å². The third kappa shape index (κ3) is 4.42. The molecule has 0 bridgehead atoms. The predicted molar refractivity (Wildman–Crippen MR) is 139 cm³/mol. The second-order valence-corrected chi connectivity index (χ2v) is 14.5. The zero-order valence-electron chi connectivity index (χ0n) is 20.3. The Bertz CT molecular complexity index is 1370. The van der Waals surface area contributed by atoms with Crippen LogP contribution in [0.4, 0.5) is 0 Å². The van der Waals surface area contributed by atoms with Gasteiger partial charge in [0.1, 0.15) is 0 Å². The molecule has 4 rings (SSSR count). The summed E-state index contributed by atoms with van der Waals surface area (Å²) in [5.41, 5.74) is 11.1. The molecule has 0 saturated heterocycles. The zero-order chi connectivity index (χ0) is 24.0. The number of aromatic nitrogens is 2. The van der Waals surface area contributed by atoms with E-state index in [1.54, 1.807) is 0 Å². The Balaban J connectivity index is 2.19. The normalized spacial score (nSPS) is 12.3. The summed E-state index contributed by atoms with van der Waals surface area (Å²) < 4.78 is 5.54. The molecule has 2 nitrogen and oxygen atoms in total. The number of hydrogen-bond acceptors (Lipinski definition) is 0. The summed E-state index contributed by atoms with van der Waals surface area (Å²) in [5.74, 6) is 0.762. The Morgan fingerprint density at radius 3 is 1.85 bits per heavy atom. The van der Waals surface area contributed by atoms with Gasteiger partial charge in [-0.15, -0.1) is 0 Å². The van der Waals surface area contributed by atoms with Crippen LogP contribution >= 0.6 is 19.1 Å². The van der Waals surface area contributed by atoms with Crippen LogP contribution in [-0.4, -0.2) is 8.97 Å². The van der Waals surface area contributed by atoms with Gasteiger partial charge in [0.15, 0.2) is 0 Å². The number of halogens is 2. The number of pyridine rings is 1. The van der Waals surface area contributed by atoms with Crippen LogP contribution in [-0.2, 0) is 14.3 Å². The minimum atomic E-state index is -2.01. The molecule has 178 valence electrons. The first-order valence-corrected chi connectivity index (χ1v) is 16.1. The molecule has 0 atom stereocenters. The summed E-state index contributed by atoms with van der Waals surface area (Å²) in [6.07, 6.45) is 2.21. The van der Waals surface area contributed by atoms with Crippen molar-refractivity contribution in [1.29, 1.82) is 0 Å². The molecule has 0 amide bonds. The molecule has 0 aliphatic rings. The van der Waals surface area contributed by atoms with E-state index in [0.29, 0.717) is 11.8 Å². The fraction of sp³-hybridized carbons (Fsp3) is 0.321. The van der Waals surface area contributed by atoms with Crippen molar-refractivity contribution < 1.29 is 14.3 Å². The number of para-hydroxylation sites is 1. The monoisotopic (exact) mass is 572 g/mol. The molecule has 0 N–H and O–H groups in total. The first-order valence-electron chi connectivity index (χ1n) is 11.3. The average molecular weight is 574 g/mol. The van der Waals surface area contributed by atoms with Crippen LogP contribution in [0.1, 0.15) is 67.3 Å². The van der Waals surface area contributed by atoms with Gasteiger partial charge in [0, 0.05) is 0 Å². The molecule has 0 unspecified atom stereocenters. The summed E-state index contributed by atoms with van der Waals surface area (Å²) in [6, 6.07) is 17.6. The van der Waals surface area contributed by atoms with Crippen molar-refractivity contribution in [3.05, 3.63) is 86.4 Å². The van der Waals surface area contributed by atoms with Crippen LogP contribution in [0.3, 0.4) is 0 Å². The molecule has 33 heavy (non-hydrogen) atoms. The first kappa shape index (κ1) is 24.5. The SMILES string of the molecule is Cc1cc(C)c(-c2cccc3cn(-c4c(C(C)C)cccc4C(C)C)[c](=[Pd]([Cl])[Cl])n23)c(C)c1. The van der Waals surface area contributed by atoms with Crippen molar-refractivity contribution in [2.24, 2.45) is 0 Å². The molecule has 5 heteroatoms. The number of fused-ring (bicyclic) bond motifs is 1. The number of imidazole rings is 1. The Labute approximate surface area is 210 Å². The van der Waals surface area contributed by atoms with E-state index in [1.807, 2.05) is 0 Å². The van der Waals surface area contributed by atoms with Crippen molar-refractivity contribution in [2.75, 3.05) is 0 Å². The van der Waals surface area contributed by atoms with Gasteiger partial charge in [-0.25, -0.2) is 0 Å². The number of benzene rings is 2. The molecular weight excluding hydrogens is 542 g/mol. The van der Waals surface area contributed by atoms with Crippen molar-refractivity contribution in [3.8, 4) is 16.9 Å². The zero-order valence-corrected chi connectivity index (χ0v) is 23.4. The van der Waals surface area contributed by atoms with Gasteiger partial charge in [-0.2, -0.15) is 0 Å². The number of nitrogens with zero attached hydrogens (tertiary/aromatic N) is 2. The van der Waals surface area contributed by atoms with Gasteiger partial charge in [-0.3, -0.25) is 0 Å². The average Bonchev–Trinajstić information content (AvgIpc) is 3.12. The van der Waals surface area contributed by atoms with Gasteiger partial charge in [0.05, 0.1) is 0 Å².